The zero-order chi connectivity index (χ0) is 13.4. The Hall–Kier alpha value is -1.46. The van der Waals surface area contributed by atoms with Gasteiger partial charge in [0.1, 0.15) is 0 Å². The predicted octanol–water partition coefficient (Wildman–Crippen LogP) is 3.82. The number of aryl methyl sites for hydroxylation is 1. The molecule has 0 radical (unpaired) electrons. The van der Waals surface area contributed by atoms with Gasteiger partial charge in [0, 0.05) is 18.2 Å². The Morgan fingerprint density at radius 1 is 1.37 bits per heavy atom. The molecular weight excluding hydrogens is 276 g/mol. The molecule has 1 amide bonds. The van der Waals surface area contributed by atoms with Gasteiger partial charge in [-0.15, -0.1) is 22.7 Å². The average molecular weight is 290 g/mol. The number of hydrogen-bond acceptors (Lipinski definition) is 4. The van der Waals surface area contributed by atoms with E-state index in [1.54, 1.807) is 34.6 Å². The fraction of sp³-hybridized carbons (Fsp3) is 0.286. The lowest BCUT2D eigenvalue weighted by Gasteiger charge is -2.19. The van der Waals surface area contributed by atoms with Gasteiger partial charge in [0.2, 0.25) is 5.91 Å². The molecule has 98 valence electrons. The molecule has 2 aromatic rings. The van der Waals surface area contributed by atoms with Gasteiger partial charge in [0.05, 0.1) is 16.6 Å². The van der Waals surface area contributed by atoms with Gasteiger partial charge >= 0.3 is 0 Å². The predicted molar refractivity (Wildman–Crippen MR) is 79.8 cm³/mol. The lowest BCUT2D eigenvalue weighted by molar-refractivity contribution is -0.130. The Morgan fingerprint density at radius 3 is 2.79 bits per heavy atom. The van der Waals surface area contributed by atoms with Crippen molar-refractivity contribution in [3.05, 3.63) is 44.3 Å². The number of hydrogen-bond donors (Lipinski definition) is 0. The van der Waals surface area contributed by atoms with Gasteiger partial charge in [-0.2, -0.15) is 5.10 Å². The minimum absolute atomic E-state index is 0.00403. The lowest BCUT2D eigenvalue weighted by atomic mass is 10.1. The van der Waals surface area contributed by atoms with Crippen molar-refractivity contribution in [3.63, 3.8) is 0 Å². The smallest absolute Gasteiger partial charge is 0.240 e. The molecule has 2 aromatic heterocycles. The highest BCUT2D eigenvalue weighted by Crippen LogP contribution is 2.37. The molecule has 0 aliphatic carbocycles. The fourth-order valence-corrected chi connectivity index (χ4v) is 4.06. The third-order valence-corrected chi connectivity index (χ3v) is 5.28. The fourth-order valence-electron chi connectivity index (χ4n) is 2.32. The number of amides is 1. The summed E-state index contributed by atoms with van der Waals surface area (Å²) in [6.07, 6.45) is 0.807. The van der Waals surface area contributed by atoms with Crippen LogP contribution in [0, 0.1) is 6.92 Å². The summed E-state index contributed by atoms with van der Waals surface area (Å²) in [7, 11) is 0. The molecule has 3 nitrogen and oxygen atoms in total. The third kappa shape index (κ3) is 2.24. The summed E-state index contributed by atoms with van der Waals surface area (Å²) in [5.74, 6) is 0.00403. The molecule has 0 saturated heterocycles. The average Bonchev–Trinajstić information content (AvgIpc) is 3.07. The maximum absolute atomic E-state index is 11.8. The highest BCUT2D eigenvalue weighted by atomic mass is 32.1. The van der Waals surface area contributed by atoms with Gasteiger partial charge in [0.25, 0.3) is 0 Å². The minimum Gasteiger partial charge on any atom is -0.273 e. The number of nitrogens with zero attached hydrogens (tertiary/aromatic N) is 2. The topological polar surface area (TPSA) is 32.7 Å². The zero-order valence-electron chi connectivity index (χ0n) is 10.8. The van der Waals surface area contributed by atoms with Crippen molar-refractivity contribution < 1.29 is 4.79 Å². The van der Waals surface area contributed by atoms with Crippen LogP contribution in [0.2, 0.25) is 0 Å². The summed E-state index contributed by atoms with van der Waals surface area (Å²) in [5, 5.41) is 10.3. The van der Waals surface area contributed by atoms with E-state index in [0.29, 0.717) is 0 Å². The number of hydrazone groups is 1. The second kappa shape index (κ2) is 4.90. The molecule has 1 aliphatic heterocycles. The Morgan fingerprint density at radius 2 is 2.21 bits per heavy atom. The summed E-state index contributed by atoms with van der Waals surface area (Å²) in [6.45, 7) is 3.67. The van der Waals surface area contributed by atoms with Crippen LogP contribution < -0.4 is 0 Å². The van der Waals surface area contributed by atoms with Crippen LogP contribution in [0.3, 0.4) is 0 Å². The summed E-state index contributed by atoms with van der Waals surface area (Å²) < 4.78 is 0. The van der Waals surface area contributed by atoms with Gasteiger partial charge in [-0.25, -0.2) is 5.01 Å². The lowest BCUT2D eigenvalue weighted by Crippen LogP contribution is -2.24. The highest BCUT2D eigenvalue weighted by molar-refractivity contribution is 7.12. The summed E-state index contributed by atoms with van der Waals surface area (Å²) in [5.41, 5.74) is 2.26. The standard InChI is InChI=1S/C14H14N2OS2/c1-9-5-7-19-14(9)12-8-11(13-4-3-6-18-13)15-16(12)10(2)17/h3-7,12H,8H2,1-2H3/t12-/m1/s1. The summed E-state index contributed by atoms with van der Waals surface area (Å²) >= 11 is 3.38. The Bertz CT molecular complexity index is 628. The van der Waals surface area contributed by atoms with Crippen molar-refractivity contribution in [2.75, 3.05) is 0 Å². The quantitative estimate of drug-likeness (QED) is 0.827. The van der Waals surface area contributed by atoms with Crippen LogP contribution in [0.4, 0.5) is 0 Å². The van der Waals surface area contributed by atoms with Crippen LogP contribution in [-0.2, 0) is 4.79 Å². The van der Waals surface area contributed by atoms with Gasteiger partial charge in [-0.05, 0) is 35.4 Å². The number of carbonyl (C=O) groups excluding carboxylic acids is 1. The second-order valence-electron chi connectivity index (χ2n) is 4.58. The van der Waals surface area contributed by atoms with E-state index >= 15 is 0 Å². The van der Waals surface area contributed by atoms with Crippen molar-refractivity contribution in [2.45, 2.75) is 26.3 Å². The summed E-state index contributed by atoms with van der Waals surface area (Å²) in [6, 6.07) is 6.24. The van der Waals surface area contributed by atoms with Crippen LogP contribution >= 0.6 is 22.7 Å². The number of thiophene rings is 2. The molecule has 0 aromatic carbocycles. The molecule has 0 N–H and O–H groups in total. The van der Waals surface area contributed by atoms with E-state index in [1.165, 1.54) is 10.4 Å². The third-order valence-electron chi connectivity index (χ3n) is 3.24. The van der Waals surface area contributed by atoms with Crippen LogP contribution in [-0.4, -0.2) is 16.6 Å². The van der Waals surface area contributed by atoms with Crippen molar-refractivity contribution in [2.24, 2.45) is 5.10 Å². The van der Waals surface area contributed by atoms with Crippen molar-refractivity contribution in [3.8, 4) is 0 Å². The minimum atomic E-state index is 0.00403. The van der Waals surface area contributed by atoms with Crippen LogP contribution in [0.5, 0.6) is 0 Å². The molecule has 0 spiro atoms. The van der Waals surface area contributed by atoms with Gasteiger partial charge in [0.15, 0.2) is 0 Å². The normalized spacial score (nSPS) is 18.7. The van der Waals surface area contributed by atoms with Gasteiger partial charge in [-0.1, -0.05) is 6.07 Å². The first-order valence-corrected chi connectivity index (χ1v) is 7.88. The number of rotatable bonds is 2. The Labute approximate surface area is 120 Å². The first kappa shape index (κ1) is 12.6. The maximum atomic E-state index is 11.8. The van der Waals surface area contributed by atoms with Gasteiger partial charge in [-0.3, -0.25) is 4.79 Å². The molecule has 0 bridgehead atoms. The maximum Gasteiger partial charge on any atom is 0.240 e. The van der Waals surface area contributed by atoms with E-state index in [2.05, 4.69) is 29.5 Å². The van der Waals surface area contributed by atoms with E-state index in [9.17, 15) is 4.79 Å². The molecule has 3 rings (SSSR count). The first-order chi connectivity index (χ1) is 9.16. The number of carbonyl (C=O) groups is 1. The molecular formula is C14H14N2OS2. The van der Waals surface area contributed by atoms with Crippen molar-refractivity contribution in [1.82, 2.24) is 5.01 Å². The molecule has 19 heavy (non-hydrogen) atoms. The molecule has 3 heterocycles. The molecule has 5 heteroatoms. The van der Waals surface area contributed by atoms with E-state index in [4.69, 9.17) is 0 Å². The van der Waals surface area contributed by atoms with Gasteiger partial charge < -0.3 is 0 Å². The second-order valence-corrected chi connectivity index (χ2v) is 6.47. The zero-order valence-corrected chi connectivity index (χ0v) is 12.4. The molecule has 1 atom stereocenters. The van der Waals surface area contributed by atoms with E-state index in [-0.39, 0.29) is 11.9 Å². The van der Waals surface area contributed by atoms with Crippen LogP contribution in [0.25, 0.3) is 0 Å². The monoisotopic (exact) mass is 290 g/mol. The molecule has 0 unspecified atom stereocenters. The largest absolute Gasteiger partial charge is 0.273 e. The SMILES string of the molecule is CC(=O)N1N=C(c2cccs2)C[C@@H]1c1sccc1C. The Balaban J connectivity index is 1.96. The first-order valence-electron chi connectivity index (χ1n) is 6.12. The van der Waals surface area contributed by atoms with E-state index in [0.717, 1.165) is 17.0 Å². The van der Waals surface area contributed by atoms with E-state index in [1.807, 2.05) is 11.4 Å². The highest BCUT2D eigenvalue weighted by Gasteiger charge is 2.33. The van der Waals surface area contributed by atoms with E-state index < -0.39 is 0 Å². The van der Waals surface area contributed by atoms with Crippen LogP contribution in [0.15, 0.2) is 34.1 Å². The molecule has 0 saturated carbocycles. The molecule has 1 aliphatic rings. The Kier molecular flexibility index (Phi) is 3.24. The van der Waals surface area contributed by atoms with Crippen LogP contribution in [0.1, 0.15) is 34.7 Å². The van der Waals surface area contributed by atoms with Crippen molar-refractivity contribution in [1.29, 1.82) is 0 Å². The van der Waals surface area contributed by atoms with Crippen molar-refractivity contribution >= 4 is 34.3 Å². The molecule has 0 fully saturated rings. The summed E-state index contributed by atoms with van der Waals surface area (Å²) in [4.78, 5) is 14.2.